The first-order chi connectivity index (χ1) is 11.6. The second-order valence-corrected chi connectivity index (χ2v) is 6.70. The first kappa shape index (κ1) is 22.0. The minimum absolute atomic E-state index is 0. The number of halogens is 2. The van der Waals surface area contributed by atoms with Crippen LogP contribution in [0, 0.1) is 0 Å². The number of aliphatic imine (C=N–C) groups is 1. The predicted molar refractivity (Wildman–Crippen MR) is 115 cm³/mol. The van der Waals surface area contributed by atoms with Crippen LogP contribution in [0.25, 0.3) is 0 Å². The van der Waals surface area contributed by atoms with Crippen LogP contribution in [0.4, 0.5) is 0 Å². The molecule has 0 atom stereocenters. The van der Waals surface area contributed by atoms with Gasteiger partial charge in [0.1, 0.15) is 0 Å². The molecule has 0 bridgehead atoms. The van der Waals surface area contributed by atoms with E-state index in [-0.39, 0.29) is 29.9 Å². The monoisotopic (exact) mass is 478 g/mol. The van der Waals surface area contributed by atoms with Gasteiger partial charge in [-0.2, -0.15) is 0 Å². The van der Waals surface area contributed by atoms with Crippen molar-refractivity contribution in [2.45, 2.75) is 44.7 Å². The van der Waals surface area contributed by atoms with Gasteiger partial charge in [0.2, 0.25) is 5.91 Å². The van der Waals surface area contributed by atoms with Crippen molar-refractivity contribution in [3.8, 4) is 0 Å². The highest BCUT2D eigenvalue weighted by Gasteiger charge is 2.16. The summed E-state index contributed by atoms with van der Waals surface area (Å²) in [5, 5.41) is 7.07. The number of benzene rings is 1. The van der Waals surface area contributed by atoms with Crippen molar-refractivity contribution in [3.63, 3.8) is 0 Å². The molecule has 1 saturated carbocycles. The third-order valence-corrected chi connectivity index (χ3v) is 4.47. The zero-order valence-electron chi connectivity index (χ0n) is 14.9. The van der Waals surface area contributed by atoms with E-state index in [1.807, 2.05) is 36.2 Å². The SMILES string of the molecule is CN=C(NCCC(=O)NC1CCCC1)N(C)Cc1cccc(Cl)c1.I. The Morgan fingerprint density at radius 1 is 1.36 bits per heavy atom. The van der Waals surface area contributed by atoms with E-state index >= 15 is 0 Å². The lowest BCUT2D eigenvalue weighted by Gasteiger charge is -2.22. The van der Waals surface area contributed by atoms with Gasteiger partial charge in [0.25, 0.3) is 0 Å². The molecule has 0 aromatic heterocycles. The van der Waals surface area contributed by atoms with Crippen molar-refractivity contribution in [1.29, 1.82) is 0 Å². The van der Waals surface area contributed by atoms with Crippen LogP contribution in [0.5, 0.6) is 0 Å². The molecule has 1 amide bonds. The second-order valence-electron chi connectivity index (χ2n) is 6.26. The molecule has 0 unspecified atom stereocenters. The zero-order chi connectivity index (χ0) is 17.4. The number of guanidine groups is 1. The lowest BCUT2D eigenvalue weighted by Crippen LogP contribution is -2.41. The molecule has 0 saturated heterocycles. The number of nitrogens with zero attached hydrogens (tertiary/aromatic N) is 2. The van der Waals surface area contributed by atoms with E-state index in [9.17, 15) is 4.79 Å². The molecule has 1 aromatic rings. The molecule has 5 nitrogen and oxygen atoms in total. The van der Waals surface area contributed by atoms with Crippen LogP contribution in [0.3, 0.4) is 0 Å². The van der Waals surface area contributed by atoms with Crippen molar-refractivity contribution in [1.82, 2.24) is 15.5 Å². The third-order valence-electron chi connectivity index (χ3n) is 4.24. The van der Waals surface area contributed by atoms with Crippen molar-refractivity contribution < 1.29 is 4.79 Å². The molecule has 7 heteroatoms. The summed E-state index contributed by atoms with van der Waals surface area (Å²) in [6, 6.07) is 8.16. The molecule has 2 rings (SSSR count). The number of hydrogen-bond acceptors (Lipinski definition) is 2. The quantitative estimate of drug-likeness (QED) is 0.374. The lowest BCUT2D eigenvalue weighted by molar-refractivity contribution is -0.121. The van der Waals surface area contributed by atoms with Crippen molar-refractivity contribution in [3.05, 3.63) is 34.9 Å². The van der Waals surface area contributed by atoms with Crippen LogP contribution in [0.15, 0.2) is 29.3 Å². The number of nitrogens with one attached hydrogen (secondary N) is 2. The van der Waals surface area contributed by atoms with Gasteiger partial charge in [0.05, 0.1) is 0 Å². The zero-order valence-corrected chi connectivity index (χ0v) is 18.0. The van der Waals surface area contributed by atoms with Gasteiger partial charge in [-0.25, -0.2) is 0 Å². The average Bonchev–Trinajstić information content (AvgIpc) is 3.04. The van der Waals surface area contributed by atoms with E-state index in [0.717, 1.165) is 29.4 Å². The van der Waals surface area contributed by atoms with Gasteiger partial charge in [-0.3, -0.25) is 9.79 Å². The van der Waals surface area contributed by atoms with Gasteiger partial charge in [0.15, 0.2) is 5.96 Å². The lowest BCUT2D eigenvalue weighted by atomic mass is 10.2. The fourth-order valence-electron chi connectivity index (χ4n) is 3.03. The first-order valence-electron chi connectivity index (χ1n) is 8.54. The maximum atomic E-state index is 11.9. The fourth-order valence-corrected chi connectivity index (χ4v) is 3.24. The number of amides is 1. The Labute approximate surface area is 172 Å². The second kappa shape index (κ2) is 11.6. The summed E-state index contributed by atoms with van der Waals surface area (Å²) in [5.74, 6) is 0.881. The summed E-state index contributed by atoms with van der Waals surface area (Å²) in [4.78, 5) is 18.2. The normalized spacial score (nSPS) is 14.8. The van der Waals surface area contributed by atoms with Gasteiger partial charge >= 0.3 is 0 Å². The summed E-state index contributed by atoms with van der Waals surface area (Å²) in [5.41, 5.74) is 1.12. The predicted octanol–water partition coefficient (Wildman–Crippen LogP) is 3.41. The van der Waals surface area contributed by atoms with E-state index in [0.29, 0.717) is 25.6 Å². The standard InChI is InChI=1S/C18H27ClN4O.HI/c1-20-18(23(2)13-14-6-5-7-15(19)12-14)21-11-10-17(24)22-16-8-3-4-9-16;/h5-7,12,16H,3-4,8-11,13H2,1-2H3,(H,20,21)(H,22,24);1H. The molecule has 0 aliphatic heterocycles. The van der Waals surface area contributed by atoms with Crippen LogP contribution >= 0.6 is 35.6 Å². The highest BCUT2D eigenvalue weighted by Crippen LogP contribution is 2.17. The molecular weight excluding hydrogens is 451 g/mol. The van der Waals surface area contributed by atoms with Gasteiger partial charge in [-0.15, -0.1) is 24.0 Å². The minimum Gasteiger partial charge on any atom is -0.356 e. The van der Waals surface area contributed by atoms with Gasteiger partial charge in [0, 0.05) is 44.7 Å². The first-order valence-corrected chi connectivity index (χ1v) is 8.92. The molecule has 0 radical (unpaired) electrons. The molecular formula is C18H28ClIN4O. The number of carbonyl (C=O) groups excluding carboxylic acids is 1. The van der Waals surface area contributed by atoms with E-state index in [1.165, 1.54) is 12.8 Å². The Bertz CT molecular complexity index is 576. The summed E-state index contributed by atoms with van der Waals surface area (Å²) >= 11 is 6.02. The van der Waals surface area contributed by atoms with Crippen molar-refractivity contribution in [2.75, 3.05) is 20.6 Å². The molecule has 1 aliphatic carbocycles. The molecule has 140 valence electrons. The smallest absolute Gasteiger partial charge is 0.221 e. The summed E-state index contributed by atoms with van der Waals surface area (Å²) in [7, 11) is 3.71. The molecule has 1 aromatic carbocycles. The molecule has 1 aliphatic rings. The number of hydrogen-bond donors (Lipinski definition) is 2. The van der Waals surface area contributed by atoms with Crippen molar-refractivity contribution >= 4 is 47.4 Å². The molecule has 0 heterocycles. The van der Waals surface area contributed by atoms with E-state index < -0.39 is 0 Å². The van der Waals surface area contributed by atoms with Crippen LogP contribution in [-0.2, 0) is 11.3 Å². The Balaban J connectivity index is 0.00000312. The van der Waals surface area contributed by atoms with Crippen LogP contribution in [0.1, 0.15) is 37.7 Å². The number of carbonyl (C=O) groups is 1. The molecule has 2 N–H and O–H groups in total. The van der Waals surface area contributed by atoms with Crippen LogP contribution in [-0.4, -0.2) is 43.4 Å². The largest absolute Gasteiger partial charge is 0.356 e. The summed E-state index contributed by atoms with van der Waals surface area (Å²) in [6.07, 6.45) is 5.14. The Morgan fingerprint density at radius 3 is 2.72 bits per heavy atom. The molecule has 0 spiro atoms. The van der Waals surface area contributed by atoms with Crippen LogP contribution < -0.4 is 10.6 Å². The van der Waals surface area contributed by atoms with Crippen LogP contribution in [0.2, 0.25) is 5.02 Å². The van der Waals surface area contributed by atoms with Gasteiger partial charge in [-0.05, 0) is 30.5 Å². The minimum atomic E-state index is 0. The van der Waals surface area contributed by atoms with E-state index in [2.05, 4.69) is 15.6 Å². The number of rotatable bonds is 6. The maximum Gasteiger partial charge on any atom is 0.221 e. The average molecular weight is 479 g/mol. The highest BCUT2D eigenvalue weighted by molar-refractivity contribution is 14.0. The Morgan fingerprint density at radius 2 is 2.08 bits per heavy atom. The molecule has 1 fully saturated rings. The van der Waals surface area contributed by atoms with Gasteiger partial charge in [-0.1, -0.05) is 36.6 Å². The maximum absolute atomic E-state index is 11.9. The van der Waals surface area contributed by atoms with E-state index in [1.54, 1.807) is 7.05 Å². The Kier molecular flexibility index (Phi) is 10.2. The topological polar surface area (TPSA) is 56.7 Å². The Hall–Kier alpha value is -1.02. The fraction of sp³-hybridized carbons (Fsp3) is 0.556. The van der Waals surface area contributed by atoms with Gasteiger partial charge < -0.3 is 15.5 Å². The summed E-state index contributed by atoms with van der Waals surface area (Å²) < 4.78 is 0. The highest BCUT2D eigenvalue weighted by atomic mass is 127. The molecule has 25 heavy (non-hydrogen) atoms. The summed E-state index contributed by atoms with van der Waals surface area (Å²) in [6.45, 7) is 1.28. The van der Waals surface area contributed by atoms with E-state index in [4.69, 9.17) is 11.6 Å². The third kappa shape index (κ3) is 7.81. The van der Waals surface area contributed by atoms with Crippen molar-refractivity contribution in [2.24, 2.45) is 4.99 Å².